The van der Waals surface area contributed by atoms with Gasteiger partial charge in [0, 0.05) is 31.1 Å². The number of hydrogen-bond donors (Lipinski definition) is 0. The molecule has 2 aromatic rings. The molecule has 1 fully saturated rings. The van der Waals surface area contributed by atoms with Crippen LogP contribution in [0.3, 0.4) is 0 Å². The summed E-state index contributed by atoms with van der Waals surface area (Å²) in [6, 6.07) is 8.24. The Kier molecular flexibility index (Phi) is 5.97. The van der Waals surface area contributed by atoms with E-state index in [1.165, 1.54) is 25.0 Å². The maximum atomic E-state index is 12.9. The van der Waals surface area contributed by atoms with Crippen molar-refractivity contribution in [3.8, 4) is 5.75 Å². The van der Waals surface area contributed by atoms with Crippen LogP contribution in [0.2, 0.25) is 0 Å². The SMILES string of the molecule is CC(C)c1nccc(CN2CCC[C@H](COc3ccc(F)cc3)C2)n1. The van der Waals surface area contributed by atoms with Crippen LogP contribution in [0, 0.1) is 11.7 Å². The molecule has 0 unspecified atom stereocenters. The van der Waals surface area contributed by atoms with Crippen molar-refractivity contribution in [3.05, 3.63) is 53.9 Å². The number of halogens is 1. The highest BCUT2D eigenvalue weighted by Gasteiger charge is 2.21. The molecule has 1 aromatic carbocycles. The maximum Gasteiger partial charge on any atom is 0.131 e. The van der Waals surface area contributed by atoms with Crippen LogP contribution in [0.4, 0.5) is 4.39 Å². The van der Waals surface area contributed by atoms with Crippen molar-refractivity contribution in [2.75, 3.05) is 19.7 Å². The molecule has 3 rings (SSSR count). The van der Waals surface area contributed by atoms with Crippen LogP contribution < -0.4 is 4.74 Å². The normalized spacial score (nSPS) is 18.5. The molecule has 5 heteroatoms. The van der Waals surface area contributed by atoms with E-state index in [4.69, 9.17) is 4.74 Å². The Balaban J connectivity index is 1.52. The molecule has 25 heavy (non-hydrogen) atoms. The van der Waals surface area contributed by atoms with Crippen LogP contribution >= 0.6 is 0 Å². The van der Waals surface area contributed by atoms with Gasteiger partial charge in [0.1, 0.15) is 17.4 Å². The molecular formula is C20H26FN3O. The van der Waals surface area contributed by atoms with E-state index in [9.17, 15) is 4.39 Å². The van der Waals surface area contributed by atoms with Crippen molar-refractivity contribution in [1.29, 1.82) is 0 Å². The zero-order valence-corrected chi connectivity index (χ0v) is 15.0. The molecular weight excluding hydrogens is 317 g/mol. The van der Waals surface area contributed by atoms with E-state index in [0.717, 1.165) is 36.9 Å². The minimum atomic E-state index is -0.234. The number of rotatable bonds is 6. The number of likely N-dealkylation sites (tertiary alicyclic amines) is 1. The minimum absolute atomic E-state index is 0.234. The highest BCUT2D eigenvalue weighted by molar-refractivity contribution is 5.22. The van der Waals surface area contributed by atoms with Crippen LogP contribution in [0.1, 0.15) is 44.1 Å². The summed E-state index contributed by atoms with van der Waals surface area (Å²) < 4.78 is 18.8. The lowest BCUT2D eigenvalue weighted by atomic mass is 9.99. The summed E-state index contributed by atoms with van der Waals surface area (Å²) >= 11 is 0. The predicted octanol–water partition coefficient (Wildman–Crippen LogP) is 4.03. The molecule has 1 atom stereocenters. The molecule has 1 saturated heterocycles. The van der Waals surface area contributed by atoms with E-state index >= 15 is 0 Å². The minimum Gasteiger partial charge on any atom is -0.493 e. The molecule has 0 saturated carbocycles. The molecule has 1 aliphatic heterocycles. The fourth-order valence-corrected chi connectivity index (χ4v) is 3.18. The van der Waals surface area contributed by atoms with Gasteiger partial charge in [0.25, 0.3) is 0 Å². The van der Waals surface area contributed by atoms with Gasteiger partial charge in [-0.05, 0) is 49.7 Å². The molecule has 0 aliphatic carbocycles. The zero-order valence-electron chi connectivity index (χ0n) is 15.0. The average Bonchev–Trinajstić information content (AvgIpc) is 2.62. The van der Waals surface area contributed by atoms with Crippen molar-refractivity contribution >= 4 is 0 Å². The Morgan fingerprint density at radius 1 is 1.24 bits per heavy atom. The summed E-state index contributed by atoms with van der Waals surface area (Å²) in [5.41, 5.74) is 1.08. The van der Waals surface area contributed by atoms with Gasteiger partial charge >= 0.3 is 0 Å². The second-order valence-electron chi connectivity index (χ2n) is 7.07. The second-order valence-corrected chi connectivity index (χ2v) is 7.07. The van der Waals surface area contributed by atoms with Crippen molar-refractivity contribution < 1.29 is 9.13 Å². The number of benzene rings is 1. The summed E-state index contributed by atoms with van der Waals surface area (Å²) in [5, 5.41) is 0. The fourth-order valence-electron chi connectivity index (χ4n) is 3.18. The van der Waals surface area contributed by atoms with Crippen molar-refractivity contribution in [1.82, 2.24) is 14.9 Å². The van der Waals surface area contributed by atoms with Crippen LogP contribution in [-0.2, 0) is 6.54 Å². The number of piperidine rings is 1. The third-order valence-electron chi connectivity index (χ3n) is 4.54. The molecule has 0 N–H and O–H groups in total. The first-order valence-electron chi connectivity index (χ1n) is 9.02. The van der Waals surface area contributed by atoms with Gasteiger partial charge in [-0.2, -0.15) is 0 Å². The molecule has 0 radical (unpaired) electrons. The number of ether oxygens (including phenoxy) is 1. The largest absolute Gasteiger partial charge is 0.493 e. The van der Waals surface area contributed by atoms with E-state index in [0.29, 0.717) is 18.4 Å². The zero-order chi connectivity index (χ0) is 17.6. The van der Waals surface area contributed by atoms with Gasteiger partial charge in [0.2, 0.25) is 0 Å². The van der Waals surface area contributed by atoms with Gasteiger partial charge in [-0.25, -0.2) is 14.4 Å². The molecule has 0 spiro atoms. The van der Waals surface area contributed by atoms with Gasteiger partial charge < -0.3 is 4.74 Å². The first-order valence-corrected chi connectivity index (χ1v) is 9.02. The summed E-state index contributed by atoms with van der Waals surface area (Å²) in [7, 11) is 0. The van der Waals surface area contributed by atoms with E-state index in [1.807, 2.05) is 12.3 Å². The maximum absolute atomic E-state index is 12.9. The first-order chi connectivity index (χ1) is 12.1. The van der Waals surface area contributed by atoms with Crippen LogP contribution in [0.15, 0.2) is 36.5 Å². The Hall–Kier alpha value is -2.01. The van der Waals surface area contributed by atoms with Crippen LogP contribution in [0.25, 0.3) is 0 Å². The van der Waals surface area contributed by atoms with Crippen molar-refractivity contribution in [2.24, 2.45) is 5.92 Å². The van der Waals surface area contributed by atoms with E-state index in [2.05, 4.69) is 28.7 Å². The first kappa shape index (κ1) is 17.8. The number of hydrogen-bond acceptors (Lipinski definition) is 4. The van der Waals surface area contributed by atoms with E-state index < -0.39 is 0 Å². The van der Waals surface area contributed by atoms with Gasteiger partial charge in [0.05, 0.1) is 12.3 Å². The molecule has 0 amide bonds. The molecule has 1 aliphatic rings. The highest BCUT2D eigenvalue weighted by Crippen LogP contribution is 2.20. The Morgan fingerprint density at radius 3 is 2.80 bits per heavy atom. The lowest BCUT2D eigenvalue weighted by Gasteiger charge is -2.32. The standard InChI is InChI=1S/C20H26FN3O/c1-15(2)20-22-10-9-18(23-20)13-24-11-3-4-16(12-24)14-25-19-7-5-17(21)6-8-19/h5-10,15-16H,3-4,11-14H2,1-2H3/t16-/m0/s1. The topological polar surface area (TPSA) is 38.2 Å². The molecule has 1 aromatic heterocycles. The highest BCUT2D eigenvalue weighted by atomic mass is 19.1. The fraction of sp³-hybridized carbons (Fsp3) is 0.500. The van der Waals surface area contributed by atoms with E-state index in [1.54, 1.807) is 12.1 Å². The number of aromatic nitrogens is 2. The lowest BCUT2D eigenvalue weighted by molar-refractivity contribution is 0.124. The second kappa shape index (κ2) is 8.39. The van der Waals surface area contributed by atoms with E-state index in [-0.39, 0.29) is 5.82 Å². The van der Waals surface area contributed by atoms with Gasteiger partial charge in [0.15, 0.2) is 0 Å². The third kappa shape index (κ3) is 5.23. The Morgan fingerprint density at radius 2 is 2.04 bits per heavy atom. The molecule has 2 heterocycles. The molecule has 134 valence electrons. The summed E-state index contributed by atoms with van der Waals surface area (Å²) in [5.74, 6) is 2.24. The third-order valence-corrected chi connectivity index (χ3v) is 4.54. The smallest absolute Gasteiger partial charge is 0.131 e. The monoisotopic (exact) mass is 343 g/mol. The predicted molar refractivity (Wildman–Crippen MR) is 96.0 cm³/mol. The summed E-state index contributed by atoms with van der Waals surface area (Å²) in [4.78, 5) is 11.5. The van der Waals surface area contributed by atoms with Gasteiger partial charge in [-0.15, -0.1) is 0 Å². The van der Waals surface area contributed by atoms with Crippen molar-refractivity contribution in [3.63, 3.8) is 0 Å². The number of nitrogens with zero attached hydrogens (tertiary/aromatic N) is 3. The van der Waals surface area contributed by atoms with Gasteiger partial charge in [-0.3, -0.25) is 4.90 Å². The summed E-state index contributed by atoms with van der Waals surface area (Å²) in [6.07, 6.45) is 4.19. The molecule has 0 bridgehead atoms. The van der Waals surface area contributed by atoms with Crippen LogP contribution in [-0.4, -0.2) is 34.6 Å². The van der Waals surface area contributed by atoms with Crippen LogP contribution in [0.5, 0.6) is 5.75 Å². The van der Waals surface area contributed by atoms with Crippen molar-refractivity contribution in [2.45, 2.75) is 39.2 Å². The van der Waals surface area contributed by atoms with Gasteiger partial charge in [-0.1, -0.05) is 13.8 Å². The molecule has 4 nitrogen and oxygen atoms in total. The summed E-state index contributed by atoms with van der Waals surface area (Å²) in [6.45, 7) is 7.85. The Labute approximate surface area is 149 Å². The quantitative estimate of drug-likeness (QED) is 0.794. The average molecular weight is 343 g/mol. The Bertz CT molecular complexity index is 675. The lowest BCUT2D eigenvalue weighted by Crippen LogP contribution is -2.37.